The fourth-order valence-electron chi connectivity index (χ4n) is 3.97. The molecule has 0 aromatic carbocycles. The number of thioether (sulfide) groups is 1. The number of aryl methyl sites for hydroxylation is 1. The van der Waals surface area contributed by atoms with Crippen LogP contribution in [0.1, 0.15) is 40.4 Å². The highest BCUT2D eigenvalue weighted by molar-refractivity contribution is 7.99. The fourth-order valence-corrected chi connectivity index (χ4v) is 4.79. The Morgan fingerprint density at radius 3 is 2.97 bits per heavy atom. The minimum atomic E-state index is 0.0373. The van der Waals surface area contributed by atoms with Crippen LogP contribution in [0.15, 0.2) is 34.4 Å². The van der Waals surface area contributed by atoms with Gasteiger partial charge in [0.05, 0.1) is 30.7 Å². The minimum Gasteiger partial charge on any atom is -0.472 e. The van der Waals surface area contributed by atoms with Gasteiger partial charge in [-0.25, -0.2) is 9.97 Å². The van der Waals surface area contributed by atoms with Gasteiger partial charge in [-0.2, -0.15) is 0 Å². The van der Waals surface area contributed by atoms with Crippen molar-refractivity contribution in [3.8, 4) is 0 Å². The molecule has 1 unspecified atom stereocenters. The number of likely N-dealkylation sites (tertiary alicyclic amines) is 1. The maximum atomic E-state index is 12.7. The van der Waals surface area contributed by atoms with E-state index in [2.05, 4.69) is 16.8 Å². The lowest BCUT2D eigenvalue weighted by atomic mass is 9.92. The molecule has 0 aliphatic carbocycles. The zero-order valence-corrected chi connectivity index (χ0v) is 17.7. The molecule has 0 bridgehead atoms. The first-order valence-electron chi connectivity index (χ1n) is 10.3. The highest BCUT2D eigenvalue weighted by Crippen LogP contribution is 2.29. The Labute approximate surface area is 175 Å². The highest BCUT2D eigenvalue weighted by Gasteiger charge is 2.28. The third kappa shape index (κ3) is 5.18. The van der Waals surface area contributed by atoms with Crippen LogP contribution in [-0.2, 0) is 4.74 Å². The fraction of sp³-hybridized carbons (Fsp3) is 0.571. The molecule has 7 nitrogen and oxygen atoms in total. The molecular weight excluding hydrogens is 388 g/mol. The van der Waals surface area contributed by atoms with Gasteiger partial charge in [0.15, 0.2) is 5.16 Å². The minimum absolute atomic E-state index is 0.0373. The molecule has 2 aliphatic heterocycles. The lowest BCUT2D eigenvalue weighted by molar-refractivity contribution is 0.0410. The predicted octanol–water partition coefficient (Wildman–Crippen LogP) is 2.82. The van der Waals surface area contributed by atoms with Crippen LogP contribution >= 0.6 is 11.8 Å². The smallest absolute Gasteiger partial charge is 0.257 e. The largest absolute Gasteiger partial charge is 0.472 e. The van der Waals surface area contributed by atoms with E-state index in [0.29, 0.717) is 12.1 Å². The van der Waals surface area contributed by atoms with Crippen LogP contribution in [0.2, 0.25) is 0 Å². The van der Waals surface area contributed by atoms with Crippen LogP contribution in [0.3, 0.4) is 0 Å². The lowest BCUT2D eigenvalue weighted by Crippen LogP contribution is -2.39. The average molecular weight is 417 g/mol. The van der Waals surface area contributed by atoms with Crippen molar-refractivity contribution >= 4 is 17.7 Å². The van der Waals surface area contributed by atoms with Crippen molar-refractivity contribution in [1.29, 1.82) is 0 Å². The summed E-state index contributed by atoms with van der Waals surface area (Å²) in [5.74, 6) is 1.26. The monoisotopic (exact) mass is 416 g/mol. The number of ether oxygens (including phenoxy) is 1. The van der Waals surface area contributed by atoms with Crippen LogP contribution in [0.4, 0.5) is 0 Å². The number of amides is 1. The second-order valence-corrected chi connectivity index (χ2v) is 8.69. The van der Waals surface area contributed by atoms with Crippen molar-refractivity contribution in [3.63, 3.8) is 0 Å². The third-order valence-electron chi connectivity index (χ3n) is 5.59. The van der Waals surface area contributed by atoms with Crippen molar-refractivity contribution in [2.75, 3.05) is 51.7 Å². The van der Waals surface area contributed by atoms with Crippen LogP contribution in [0, 0.1) is 6.92 Å². The molecule has 2 aliphatic rings. The summed E-state index contributed by atoms with van der Waals surface area (Å²) in [5, 5.41) is 0.831. The van der Waals surface area contributed by atoms with Gasteiger partial charge in [-0.05, 0) is 31.4 Å². The van der Waals surface area contributed by atoms with Gasteiger partial charge in [0.2, 0.25) is 0 Å². The standard InChI is InChI=1S/C21H28N4O3S/c1-16-13-22-21(29-12-8-24-6-10-27-11-7-24)23-19(16)17-3-2-5-25(14-17)20(26)18-4-9-28-15-18/h4,9,13,15,17H,2-3,5-8,10-12,14H2,1H3. The number of piperidine rings is 1. The average Bonchev–Trinajstić information content (AvgIpc) is 3.30. The van der Waals surface area contributed by atoms with E-state index >= 15 is 0 Å². The van der Waals surface area contributed by atoms with Gasteiger partial charge >= 0.3 is 0 Å². The van der Waals surface area contributed by atoms with Gasteiger partial charge in [0.1, 0.15) is 6.26 Å². The molecule has 29 heavy (non-hydrogen) atoms. The molecule has 4 heterocycles. The van der Waals surface area contributed by atoms with Crippen LogP contribution < -0.4 is 0 Å². The molecule has 0 saturated carbocycles. The molecule has 2 aromatic heterocycles. The van der Waals surface area contributed by atoms with Gasteiger partial charge < -0.3 is 14.1 Å². The molecule has 4 rings (SSSR count). The number of furan rings is 1. The Kier molecular flexibility index (Phi) is 6.84. The molecule has 2 saturated heterocycles. The van der Waals surface area contributed by atoms with Gasteiger partial charge in [-0.15, -0.1) is 0 Å². The van der Waals surface area contributed by atoms with Crippen LogP contribution in [-0.4, -0.2) is 77.4 Å². The van der Waals surface area contributed by atoms with Gasteiger partial charge in [0, 0.05) is 50.6 Å². The Hall–Kier alpha value is -1.90. The second-order valence-electron chi connectivity index (χ2n) is 7.63. The van der Waals surface area contributed by atoms with E-state index in [1.54, 1.807) is 24.1 Å². The molecule has 0 radical (unpaired) electrons. The van der Waals surface area contributed by atoms with E-state index in [4.69, 9.17) is 14.1 Å². The Morgan fingerprint density at radius 1 is 1.31 bits per heavy atom. The summed E-state index contributed by atoms with van der Waals surface area (Å²) >= 11 is 1.71. The number of carbonyl (C=O) groups is 1. The summed E-state index contributed by atoms with van der Waals surface area (Å²) in [4.78, 5) is 26.5. The number of morpholine rings is 1. The highest BCUT2D eigenvalue weighted by atomic mass is 32.2. The molecule has 0 spiro atoms. The molecule has 2 fully saturated rings. The summed E-state index contributed by atoms with van der Waals surface area (Å²) in [5.41, 5.74) is 2.80. The molecular formula is C21H28N4O3S. The van der Waals surface area contributed by atoms with E-state index in [0.717, 1.165) is 74.4 Å². The molecule has 1 atom stereocenters. The van der Waals surface area contributed by atoms with Crippen LogP contribution in [0.25, 0.3) is 0 Å². The Balaban J connectivity index is 1.38. The molecule has 1 amide bonds. The van der Waals surface area contributed by atoms with E-state index in [-0.39, 0.29) is 11.8 Å². The van der Waals surface area contributed by atoms with Crippen molar-refractivity contribution in [3.05, 3.63) is 41.6 Å². The van der Waals surface area contributed by atoms with Crippen molar-refractivity contribution in [2.45, 2.75) is 30.8 Å². The number of rotatable bonds is 6. The van der Waals surface area contributed by atoms with Gasteiger partial charge in [-0.3, -0.25) is 9.69 Å². The van der Waals surface area contributed by atoms with Gasteiger partial charge in [0.25, 0.3) is 5.91 Å². The van der Waals surface area contributed by atoms with Crippen molar-refractivity contribution < 1.29 is 13.9 Å². The van der Waals surface area contributed by atoms with E-state index in [1.807, 2.05) is 11.1 Å². The zero-order valence-electron chi connectivity index (χ0n) is 16.9. The Bertz CT molecular complexity index is 808. The first-order chi connectivity index (χ1) is 14.2. The summed E-state index contributed by atoms with van der Waals surface area (Å²) in [6, 6.07) is 1.73. The van der Waals surface area contributed by atoms with E-state index in [9.17, 15) is 4.79 Å². The van der Waals surface area contributed by atoms with E-state index in [1.165, 1.54) is 6.26 Å². The zero-order chi connectivity index (χ0) is 20.1. The van der Waals surface area contributed by atoms with Crippen LogP contribution in [0.5, 0.6) is 0 Å². The quantitative estimate of drug-likeness (QED) is 0.530. The summed E-state index contributed by atoms with van der Waals surface area (Å²) in [7, 11) is 0. The normalized spacial score (nSPS) is 20.7. The third-order valence-corrected chi connectivity index (χ3v) is 6.44. The summed E-state index contributed by atoms with van der Waals surface area (Å²) in [6.45, 7) is 8.22. The SMILES string of the molecule is Cc1cnc(SCCN2CCOCC2)nc1C1CCCN(C(=O)c2ccoc2)C1. The topological polar surface area (TPSA) is 71.7 Å². The second kappa shape index (κ2) is 9.73. The molecule has 156 valence electrons. The molecule has 8 heteroatoms. The van der Waals surface area contributed by atoms with Crippen molar-refractivity contribution in [1.82, 2.24) is 19.8 Å². The van der Waals surface area contributed by atoms with E-state index < -0.39 is 0 Å². The predicted molar refractivity (Wildman–Crippen MR) is 111 cm³/mol. The first kappa shape index (κ1) is 20.4. The maximum Gasteiger partial charge on any atom is 0.257 e. The number of hydrogen-bond acceptors (Lipinski definition) is 7. The molecule has 2 aromatic rings. The number of aromatic nitrogens is 2. The summed E-state index contributed by atoms with van der Waals surface area (Å²) in [6.07, 6.45) is 7.02. The lowest BCUT2D eigenvalue weighted by Gasteiger charge is -2.33. The summed E-state index contributed by atoms with van der Waals surface area (Å²) < 4.78 is 10.5. The number of carbonyl (C=O) groups excluding carboxylic acids is 1. The number of nitrogens with zero attached hydrogens (tertiary/aromatic N) is 4. The Morgan fingerprint density at radius 2 is 2.17 bits per heavy atom. The maximum absolute atomic E-state index is 12.7. The first-order valence-corrected chi connectivity index (χ1v) is 11.3. The number of hydrogen-bond donors (Lipinski definition) is 0. The molecule has 0 N–H and O–H groups in total. The van der Waals surface area contributed by atoms with Crippen molar-refractivity contribution in [2.24, 2.45) is 0 Å². The van der Waals surface area contributed by atoms with Gasteiger partial charge in [-0.1, -0.05) is 11.8 Å².